The Morgan fingerprint density at radius 2 is 1.97 bits per heavy atom. The zero-order chi connectivity index (χ0) is 21.3. The van der Waals surface area contributed by atoms with Crippen LogP contribution in [0.3, 0.4) is 0 Å². The summed E-state index contributed by atoms with van der Waals surface area (Å²) in [6, 6.07) is 5.09. The highest BCUT2D eigenvalue weighted by atomic mass is 16.2. The van der Waals surface area contributed by atoms with Gasteiger partial charge in [-0.3, -0.25) is 14.5 Å². The van der Waals surface area contributed by atoms with Crippen LogP contribution >= 0.6 is 0 Å². The van der Waals surface area contributed by atoms with E-state index in [9.17, 15) is 14.4 Å². The van der Waals surface area contributed by atoms with Crippen molar-refractivity contribution in [1.82, 2.24) is 25.0 Å². The number of imide groups is 1. The van der Waals surface area contributed by atoms with Gasteiger partial charge in [-0.2, -0.15) is 5.10 Å². The Morgan fingerprint density at radius 3 is 2.60 bits per heavy atom. The van der Waals surface area contributed by atoms with Crippen LogP contribution < -0.4 is 10.6 Å². The van der Waals surface area contributed by atoms with Gasteiger partial charge in [-0.15, -0.1) is 0 Å². The number of nitrogens with zero attached hydrogens (tertiary/aromatic N) is 4. The van der Waals surface area contributed by atoms with E-state index in [1.807, 2.05) is 19.9 Å². The third-order valence-electron chi connectivity index (χ3n) is 5.77. The van der Waals surface area contributed by atoms with Gasteiger partial charge in [-0.05, 0) is 44.9 Å². The molecule has 4 rings (SSSR count). The fourth-order valence-electron chi connectivity index (χ4n) is 4.26. The van der Waals surface area contributed by atoms with E-state index in [0.29, 0.717) is 24.3 Å². The Kier molecular flexibility index (Phi) is 5.27. The number of nitrogens with one attached hydrogen (secondary N) is 2. The lowest BCUT2D eigenvalue weighted by atomic mass is 9.82. The summed E-state index contributed by atoms with van der Waals surface area (Å²) in [5.74, 6) is 0.187. The number of urea groups is 1. The maximum absolute atomic E-state index is 12.8. The standard InChI is InChI=1S/C21H26N6O3/c1-14-12-15(2)27(25-14)17-7-6-16(13-22-17)23-18(28)8-11-26-19(29)21(24-20(26)30)9-4-3-5-10-21/h6-7,12-13H,3-5,8-11H2,1-2H3,(H,23,28)(H,24,30). The SMILES string of the molecule is Cc1cc(C)n(-c2ccc(NC(=O)CCN3C(=O)NC4(CCCCC4)C3=O)cn2)n1. The first kappa shape index (κ1) is 20.1. The molecule has 0 radical (unpaired) electrons. The van der Waals surface area contributed by atoms with E-state index >= 15 is 0 Å². The largest absolute Gasteiger partial charge is 0.325 e. The molecule has 2 aromatic heterocycles. The highest BCUT2D eigenvalue weighted by Crippen LogP contribution is 2.33. The Labute approximate surface area is 174 Å². The number of carbonyl (C=O) groups is 3. The zero-order valence-corrected chi connectivity index (χ0v) is 17.3. The minimum atomic E-state index is -0.755. The van der Waals surface area contributed by atoms with Crippen LogP contribution in [0.2, 0.25) is 0 Å². The predicted octanol–water partition coefficient (Wildman–Crippen LogP) is 2.47. The van der Waals surface area contributed by atoms with Crippen molar-refractivity contribution in [2.24, 2.45) is 0 Å². The molecule has 30 heavy (non-hydrogen) atoms. The van der Waals surface area contributed by atoms with Crippen molar-refractivity contribution in [2.45, 2.75) is 57.9 Å². The van der Waals surface area contributed by atoms with E-state index in [0.717, 1.165) is 30.7 Å². The van der Waals surface area contributed by atoms with Gasteiger partial charge in [0, 0.05) is 18.7 Å². The molecule has 1 aliphatic heterocycles. The first-order valence-electron chi connectivity index (χ1n) is 10.3. The first-order chi connectivity index (χ1) is 14.4. The van der Waals surface area contributed by atoms with E-state index in [2.05, 4.69) is 20.7 Å². The molecule has 1 aliphatic carbocycles. The number of rotatable bonds is 5. The van der Waals surface area contributed by atoms with Crippen molar-refractivity contribution in [3.8, 4) is 5.82 Å². The molecule has 4 amide bonds. The molecule has 2 aromatic rings. The minimum absolute atomic E-state index is 0.0362. The third kappa shape index (κ3) is 3.79. The van der Waals surface area contributed by atoms with Crippen LogP contribution in [0.25, 0.3) is 5.82 Å². The van der Waals surface area contributed by atoms with Crippen molar-refractivity contribution >= 4 is 23.5 Å². The Balaban J connectivity index is 1.33. The van der Waals surface area contributed by atoms with Crippen molar-refractivity contribution in [3.63, 3.8) is 0 Å². The number of amides is 4. The van der Waals surface area contributed by atoms with Crippen LogP contribution in [0.4, 0.5) is 10.5 Å². The number of carbonyl (C=O) groups excluding carboxylic acids is 3. The molecule has 9 heteroatoms. The molecule has 1 spiro atoms. The van der Waals surface area contributed by atoms with Crippen LogP contribution in [-0.2, 0) is 9.59 Å². The number of hydrogen-bond acceptors (Lipinski definition) is 5. The van der Waals surface area contributed by atoms with E-state index in [4.69, 9.17) is 0 Å². The summed E-state index contributed by atoms with van der Waals surface area (Å²) < 4.78 is 1.74. The maximum Gasteiger partial charge on any atom is 0.325 e. The molecule has 0 bridgehead atoms. The van der Waals surface area contributed by atoms with Crippen LogP contribution in [-0.4, -0.2) is 49.6 Å². The molecular weight excluding hydrogens is 384 g/mol. The van der Waals surface area contributed by atoms with Gasteiger partial charge >= 0.3 is 6.03 Å². The van der Waals surface area contributed by atoms with E-state index < -0.39 is 11.6 Å². The second-order valence-corrected chi connectivity index (χ2v) is 8.07. The van der Waals surface area contributed by atoms with Gasteiger partial charge in [-0.25, -0.2) is 14.5 Å². The van der Waals surface area contributed by atoms with Gasteiger partial charge in [0.2, 0.25) is 5.91 Å². The third-order valence-corrected chi connectivity index (χ3v) is 5.77. The number of hydrogen-bond donors (Lipinski definition) is 2. The van der Waals surface area contributed by atoms with Gasteiger partial charge in [0.25, 0.3) is 5.91 Å². The van der Waals surface area contributed by atoms with Gasteiger partial charge in [-0.1, -0.05) is 19.3 Å². The summed E-state index contributed by atoms with van der Waals surface area (Å²) in [7, 11) is 0. The second kappa shape index (κ2) is 7.89. The Morgan fingerprint density at radius 1 is 1.20 bits per heavy atom. The number of anilines is 1. The van der Waals surface area contributed by atoms with Gasteiger partial charge in [0.1, 0.15) is 5.54 Å². The normalized spacial score (nSPS) is 18.0. The predicted molar refractivity (Wildman–Crippen MR) is 110 cm³/mol. The van der Waals surface area contributed by atoms with E-state index in [1.165, 1.54) is 4.90 Å². The fourth-order valence-corrected chi connectivity index (χ4v) is 4.26. The van der Waals surface area contributed by atoms with E-state index in [-0.39, 0.29) is 24.8 Å². The van der Waals surface area contributed by atoms with Crippen molar-refractivity contribution in [1.29, 1.82) is 0 Å². The molecule has 2 N–H and O–H groups in total. The monoisotopic (exact) mass is 410 g/mol. The van der Waals surface area contributed by atoms with Gasteiger partial charge in [0.15, 0.2) is 5.82 Å². The lowest BCUT2D eigenvalue weighted by Gasteiger charge is -2.30. The average Bonchev–Trinajstić information content (AvgIpc) is 3.17. The van der Waals surface area contributed by atoms with Crippen molar-refractivity contribution in [3.05, 3.63) is 35.8 Å². The van der Waals surface area contributed by atoms with E-state index in [1.54, 1.807) is 23.0 Å². The summed E-state index contributed by atoms with van der Waals surface area (Å²) >= 11 is 0. The molecule has 2 aliphatic rings. The Bertz CT molecular complexity index is 975. The highest BCUT2D eigenvalue weighted by molar-refractivity contribution is 6.07. The van der Waals surface area contributed by atoms with Crippen LogP contribution in [0.1, 0.15) is 49.9 Å². The maximum atomic E-state index is 12.8. The van der Waals surface area contributed by atoms with Crippen molar-refractivity contribution < 1.29 is 14.4 Å². The summed E-state index contributed by atoms with van der Waals surface area (Å²) in [6.07, 6.45) is 5.89. The molecule has 3 heterocycles. The lowest BCUT2D eigenvalue weighted by Crippen LogP contribution is -2.48. The lowest BCUT2D eigenvalue weighted by molar-refractivity contribution is -0.132. The molecular formula is C21H26N6O3. The summed E-state index contributed by atoms with van der Waals surface area (Å²) in [6.45, 7) is 3.93. The minimum Gasteiger partial charge on any atom is -0.325 e. The topological polar surface area (TPSA) is 109 Å². The van der Waals surface area contributed by atoms with Gasteiger partial charge < -0.3 is 10.6 Å². The van der Waals surface area contributed by atoms with Crippen LogP contribution in [0, 0.1) is 13.8 Å². The molecule has 2 fully saturated rings. The molecule has 158 valence electrons. The molecule has 9 nitrogen and oxygen atoms in total. The first-order valence-corrected chi connectivity index (χ1v) is 10.3. The Hall–Kier alpha value is -3.23. The fraction of sp³-hybridized carbons (Fsp3) is 0.476. The average molecular weight is 410 g/mol. The zero-order valence-electron chi connectivity index (χ0n) is 17.3. The molecule has 0 unspecified atom stereocenters. The molecule has 0 atom stereocenters. The molecule has 1 saturated heterocycles. The quantitative estimate of drug-likeness (QED) is 0.736. The molecule has 1 saturated carbocycles. The second-order valence-electron chi connectivity index (χ2n) is 8.07. The van der Waals surface area contributed by atoms with Crippen LogP contribution in [0.5, 0.6) is 0 Å². The summed E-state index contributed by atoms with van der Waals surface area (Å²) in [5.41, 5.74) is 1.67. The summed E-state index contributed by atoms with van der Waals surface area (Å²) in [5, 5.41) is 10.0. The van der Waals surface area contributed by atoms with Crippen LogP contribution in [0.15, 0.2) is 24.4 Å². The number of pyridine rings is 1. The smallest absolute Gasteiger partial charge is 0.325 e. The highest BCUT2D eigenvalue weighted by Gasteiger charge is 2.51. The number of aromatic nitrogens is 3. The summed E-state index contributed by atoms with van der Waals surface area (Å²) in [4.78, 5) is 42.9. The van der Waals surface area contributed by atoms with Gasteiger partial charge in [0.05, 0.1) is 17.6 Å². The molecule has 0 aromatic carbocycles. The number of aryl methyl sites for hydroxylation is 2. The van der Waals surface area contributed by atoms with Crippen molar-refractivity contribution in [2.75, 3.05) is 11.9 Å².